The maximum atomic E-state index is 9.53. The Morgan fingerprint density at radius 1 is 1.36 bits per heavy atom. The third-order valence-electron chi connectivity index (χ3n) is 4.39. The van der Waals surface area contributed by atoms with Gasteiger partial charge < -0.3 is 14.8 Å². The van der Waals surface area contributed by atoms with Gasteiger partial charge in [-0.1, -0.05) is 6.92 Å². The van der Waals surface area contributed by atoms with Crippen LogP contribution < -0.4 is 5.32 Å². The number of aromatic nitrogens is 4. The highest BCUT2D eigenvalue weighted by atomic mass is 32.1. The smallest absolute Gasteiger partial charge is 0.227 e. The van der Waals surface area contributed by atoms with E-state index in [0.29, 0.717) is 17.5 Å². The lowest BCUT2D eigenvalue weighted by atomic mass is 10.2. The Kier molecular flexibility index (Phi) is 3.93. The van der Waals surface area contributed by atoms with Gasteiger partial charge in [0, 0.05) is 4.88 Å². The number of hydrogen-bond acceptors (Lipinski definition) is 7. The molecular weight excluding hydrogens is 338 g/mol. The van der Waals surface area contributed by atoms with E-state index in [1.165, 1.54) is 4.88 Å². The summed E-state index contributed by atoms with van der Waals surface area (Å²) in [6, 6.07) is 3.56. The molecule has 4 heterocycles. The molecule has 0 aliphatic heterocycles. The standard InChI is InChI=1S/C17H19N5O2S/c1-4-11(8-23)18-17-20-16-13(9(2)10(3)25-16)15-19-14(21-22(15)17)12-6-5-7-24-12/h5-7,11,23H,4,8H2,1-3H3,(H,18,20). The van der Waals surface area contributed by atoms with Gasteiger partial charge in [0.2, 0.25) is 11.8 Å². The van der Waals surface area contributed by atoms with E-state index >= 15 is 0 Å². The molecule has 4 rings (SSSR count). The maximum absolute atomic E-state index is 9.53. The van der Waals surface area contributed by atoms with Crippen molar-refractivity contribution in [2.45, 2.75) is 33.2 Å². The summed E-state index contributed by atoms with van der Waals surface area (Å²) in [6.07, 6.45) is 2.38. The zero-order valence-electron chi connectivity index (χ0n) is 14.3. The Morgan fingerprint density at radius 2 is 2.20 bits per heavy atom. The van der Waals surface area contributed by atoms with E-state index < -0.39 is 0 Å². The molecule has 7 nitrogen and oxygen atoms in total. The predicted octanol–water partition coefficient (Wildman–Crippen LogP) is 3.40. The van der Waals surface area contributed by atoms with E-state index in [4.69, 9.17) is 14.4 Å². The minimum absolute atomic E-state index is 0.0277. The first kappa shape index (κ1) is 16.0. The third kappa shape index (κ3) is 2.58. The van der Waals surface area contributed by atoms with Crippen LogP contribution in [-0.2, 0) is 0 Å². The van der Waals surface area contributed by atoms with Crippen LogP contribution in [0.2, 0.25) is 0 Å². The summed E-state index contributed by atoms with van der Waals surface area (Å²) >= 11 is 1.64. The molecule has 0 radical (unpaired) electrons. The van der Waals surface area contributed by atoms with Crippen molar-refractivity contribution in [3.05, 3.63) is 28.8 Å². The van der Waals surface area contributed by atoms with Crippen LogP contribution in [-0.4, -0.2) is 37.3 Å². The first-order chi connectivity index (χ1) is 12.1. The van der Waals surface area contributed by atoms with Crippen molar-refractivity contribution in [3.8, 4) is 11.6 Å². The van der Waals surface area contributed by atoms with Gasteiger partial charge in [0.1, 0.15) is 4.83 Å². The molecule has 0 spiro atoms. The normalized spacial score (nSPS) is 13.0. The van der Waals surface area contributed by atoms with Crippen LogP contribution in [0.25, 0.3) is 27.4 Å². The summed E-state index contributed by atoms with van der Waals surface area (Å²) < 4.78 is 7.15. The second-order valence-electron chi connectivity index (χ2n) is 5.98. The van der Waals surface area contributed by atoms with Crippen LogP contribution in [0.5, 0.6) is 0 Å². The number of aliphatic hydroxyl groups is 1. The number of thiophene rings is 1. The number of nitrogens with zero attached hydrogens (tertiary/aromatic N) is 4. The van der Waals surface area contributed by atoms with Crippen molar-refractivity contribution in [2.24, 2.45) is 0 Å². The van der Waals surface area contributed by atoms with Crippen LogP contribution in [0, 0.1) is 13.8 Å². The molecule has 1 atom stereocenters. The van der Waals surface area contributed by atoms with E-state index in [1.807, 2.05) is 19.1 Å². The Hall–Kier alpha value is -2.45. The third-order valence-corrected chi connectivity index (χ3v) is 5.49. The lowest BCUT2D eigenvalue weighted by Gasteiger charge is -2.15. The minimum Gasteiger partial charge on any atom is -0.461 e. The summed E-state index contributed by atoms with van der Waals surface area (Å²) in [5.74, 6) is 1.71. The lowest BCUT2D eigenvalue weighted by molar-refractivity contribution is 0.271. The highest BCUT2D eigenvalue weighted by Gasteiger charge is 2.20. The first-order valence-corrected chi connectivity index (χ1v) is 9.01. The molecule has 0 aromatic carbocycles. The fourth-order valence-corrected chi connectivity index (χ4v) is 3.80. The van der Waals surface area contributed by atoms with Gasteiger partial charge in [0.25, 0.3) is 0 Å². The van der Waals surface area contributed by atoms with Crippen molar-refractivity contribution < 1.29 is 9.52 Å². The monoisotopic (exact) mass is 357 g/mol. The second kappa shape index (κ2) is 6.12. The molecule has 0 fully saturated rings. The largest absolute Gasteiger partial charge is 0.461 e. The second-order valence-corrected chi connectivity index (χ2v) is 7.18. The Labute approximate surface area is 148 Å². The number of fused-ring (bicyclic) bond motifs is 3. The summed E-state index contributed by atoms with van der Waals surface area (Å²) in [5.41, 5.74) is 1.91. The van der Waals surface area contributed by atoms with Gasteiger partial charge in [-0.3, -0.25) is 0 Å². The molecule has 1 unspecified atom stereocenters. The van der Waals surface area contributed by atoms with Crippen molar-refractivity contribution in [2.75, 3.05) is 11.9 Å². The van der Waals surface area contributed by atoms with Gasteiger partial charge >= 0.3 is 0 Å². The fourth-order valence-electron chi connectivity index (χ4n) is 2.78. The average molecular weight is 357 g/mol. The van der Waals surface area contributed by atoms with Gasteiger partial charge in [0.15, 0.2) is 11.4 Å². The molecule has 4 aromatic rings. The predicted molar refractivity (Wildman–Crippen MR) is 98.1 cm³/mol. The molecular formula is C17H19N5O2S. The van der Waals surface area contributed by atoms with Crippen molar-refractivity contribution in [1.82, 2.24) is 19.6 Å². The van der Waals surface area contributed by atoms with Crippen LogP contribution in [0.4, 0.5) is 5.95 Å². The fraction of sp³-hybridized carbons (Fsp3) is 0.353. The zero-order chi connectivity index (χ0) is 17.6. The number of aryl methyl sites for hydroxylation is 2. The average Bonchev–Trinajstić information content (AvgIpc) is 3.32. The van der Waals surface area contributed by atoms with E-state index in [-0.39, 0.29) is 12.6 Å². The number of furan rings is 1. The highest BCUT2D eigenvalue weighted by Crippen LogP contribution is 2.33. The number of aliphatic hydroxyl groups excluding tert-OH is 1. The zero-order valence-corrected chi connectivity index (χ0v) is 15.1. The summed E-state index contributed by atoms with van der Waals surface area (Å²) in [6.45, 7) is 6.20. The van der Waals surface area contributed by atoms with Crippen LogP contribution >= 0.6 is 11.3 Å². The topological polar surface area (TPSA) is 88.5 Å². The maximum Gasteiger partial charge on any atom is 0.227 e. The van der Waals surface area contributed by atoms with Crippen LogP contribution in [0.15, 0.2) is 22.8 Å². The van der Waals surface area contributed by atoms with E-state index in [0.717, 1.165) is 27.8 Å². The molecule has 130 valence electrons. The first-order valence-electron chi connectivity index (χ1n) is 8.20. The Bertz CT molecular complexity index is 1030. The quantitative estimate of drug-likeness (QED) is 0.569. The molecule has 25 heavy (non-hydrogen) atoms. The molecule has 0 amide bonds. The van der Waals surface area contributed by atoms with Crippen molar-refractivity contribution in [3.63, 3.8) is 0 Å². The number of rotatable bonds is 5. The molecule has 0 bridgehead atoms. The van der Waals surface area contributed by atoms with Crippen LogP contribution in [0.3, 0.4) is 0 Å². The lowest BCUT2D eigenvalue weighted by Crippen LogP contribution is -2.25. The number of anilines is 1. The van der Waals surface area contributed by atoms with E-state index in [1.54, 1.807) is 22.1 Å². The van der Waals surface area contributed by atoms with Gasteiger partial charge in [0.05, 0.1) is 24.3 Å². The van der Waals surface area contributed by atoms with Gasteiger partial charge in [-0.05, 0) is 38.0 Å². The SMILES string of the molecule is CCC(CO)Nc1nc2sc(C)c(C)c2c2nc(-c3ccco3)nn12. The summed E-state index contributed by atoms with van der Waals surface area (Å²) in [5, 5.41) is 18.4. The Balaban J connectivity index is 1.99. The summed E-state index contributed by atoms with van der Waals surface area (Å²) in [7, 11) is 0. The van der Waals surface area contributed by atoms with Crippen molar-refractivity contribution in [1.29, 1.82) is 0 Å². The molecule has 2 N–H and O–H groups in total. The molecule has 8 heteroatoms. The highest BCUT2D eigenvalue weighted by molar-refractivity contribution is 7.18. The molecule has 0 aliphatic carbocycles. The van der Waals surface area contributed by atoms with E-state index in [2.05, 4.69) is 24.3 Å². The molecule has 0 saturated heterocycles. The van der Waals surface area contributed by atoms with Gasteiger partial charge in [-0.25, -0.2) is 9.97 Å². The van der Waals surface area contributed by atoms with Crippen LogP contribution in [0.1, 0.15) is 23.8 Å². The van der Waals surface area contributed by atoms with Gasteiger partial charge in [-0.15, -0.1) is 16.4 Å². The van der Waals surface area contributed by atoms with E-state index in [9.17, 15) is 5.11 Å². The Morgan fingerprint density at radius 3 is 2.88 bits per heavy atom. The molecule has 0 saturated carbocycles. The number of nitrogens with one attached hydrogen (secondary N) is 1. The minimum atomic E-state index is -0.0911. The summed E-state index contributed by atoms with van der Waals surface area (Å²) in [4.78, 5) is 11.6. The molecule has 4 aromatic heterocycles. The van der Waals surface area contributed by atoms with Gasteiger partial charge in [-0.2, -0.15) is 4.52 Å². The number of hydrogen-bond donors (Lipinski definition) is 2. The molecule has 0 aliphatic rings. The van der Waals surface area contributed by atoms with Crippen molar-refractivity contribution >= 4 is 33.1 Å².